The summed E-state index contributed by atoms with van der Waals surface area (Å²) in [6.45, 7) is 1.90. The molecule has 4 heteroatoms. The molecule has 16 heavy (non-hydrogen) atoms. The molecular formula is C12H11N3O. The zero-order valence-corrected chi connectivity index (χ0v) is 8.82. The van der Waals surface area contributed by atoms with E-state index in [2.05, 4.69) is 9.97 Å². The number of nitrogen functional groups attached to an aromatic ring is 1. The smallest absolute Gasteiger partial charge is 0.174 e. The summed E-state index contributed by atoms with van der Waals surface area (Å²) >= 11 is 0. The van der Waals surface area contributed by atoms with E-state index in [1.807, 2.05) is 37.3 Å². The van der Waals surface area contributed by atoms with Crippen LogP contribution in [0, 0.1) is 6.92 Å². The van der Waals surface area contributed by atoms with Gasteiger partial charge in [-0.25, -0.2) is 4.98 Å². The predicted molar refractivity (Wildman–Crippen MR) is 62.9 cm³/mol. The van der Waals surface area contributed by atoms with Crippen molar-refractivity contribution in [3.8, 4) is 11.6 Å². The van der Waals surface area contributed by atoms with Crippen LogP contribution in [0.2, 0.25) is 0 Å². The maximum absolute atomic E-state index is 5.84. The number of benzene rings is 1. The molecule has 0 aliphatic carbocycles. The van der Waals surface area contributed by atoms with Gasteiger partial charge in [-0.15, -0.1) is 0 Å². The summed E-state index contributed by atoms with van der Waals surface area (Å²) in [6.07, 6.45) is 0. The molecule has 0 spiro atoms. The fraction of sp³-hybridized carbons (Fsp3) is 0.0833. The maximum atomic E-state index is 5.84. The molecule has 80 valence electrons. The summed E-state index contributed by atoms with van der Waals surface area (Å²) in [5, 5.41) is 0. The van der Waals surface area contributed by atoms with E-state index in [1.54, 1.807) is 0 Å². The lowest BCUT2D eigenvalue weighted by molar-refractivity contribution is 0.545. The lowest BCUT2D eigenvalue weighted by Gasteiger charge is -1.90. The molecule has 2 heterocycles. The molecule has 4 nitrogen and oxygen atoms in total. The van der Waals surface area contributed by atoms with Crippen LogP contribution >= 0.6 is 0 Å². The second-order valence-corrected chi connectivity index (χ2v) is 3.74. The third kappa shape index (κ3) is 1.27. The van der Waals surface area contributed by atoms with Crippen molar-refractivity contribution in [2.24, 2.45) is 0 Å². The Kier molecular flexibility index (Phi) is 1.77. The van der Waals surface area contributed by atoms with Crippen LogP contribution in [0.25, 0.3) is 22.6 Å². The summed E-state index contributed by atoms with van der Waals surface area (Å²) in [4.78, 5) is 7.60. The van der Waals surface area contributed by atoms with Gasteiger partial charge in [0.05, 0.1) is 11.2 Å². The van der Waals surface area contributed by atoms with E-state index in [-0.39, 0.29) is 0 Å². The highest BCUT2D eigenvalue weighted by molar-refractivity contribution is 5.88. The molecule has 3 N–H and O–H groups in total. The number of nitrogens with one attached hydrogen (secondary N) is 1. The van der Waals surface area contributed by atoms with E-state index in [0.29, 0.717) is 11.5 Å². The second kappa shape index (κ2) is 3.13. The summed E-state index contributed by atoms with van der Waals surface area (Å²) < 4.78 is 5.50. The Balaban J connectivity index is 2.22. The van der Waals surface area contributed by atoms with E-state index in [1.165, 1.54) is 0 Å². The number of hydrogen-bond acceptors (Lipinski definition) is 3. The lowest BCUT2D eigenvalue weighted by Crippen LogP contribution is -1.84. The molecule has 3 aromatic rings. The number of H-pyrrole nitrogens is 1. The summed E-state index contributed by atoms with van der Waals surface area (Å²) in [5.41, 5.74) is 8.21. The van der Waals surface area contributed by atoms with Gasteiger partial charge in [-0.1, -0.05) is 6.07 Å². The van der Waals surface area contributed by atoms with Crippen molar-refractivity contribution >= 4 is 16.7 Å². The van der Waals surface area contributed by atoms with Gasteiger partial charge in [0.2, 0.25) is 0 Å². The van der Waals surface area contributed by atoms with Gasteiger partial charge in [-0.3, -0.25) is 0 Å². The highest BCUT2D eigenvalue weighted by atomic mass is 16.3. The van der Waals surface area contributed by atoms with Gasteiger partial charge in [0.15, 0.2) is 11.6 Å². The molecule has 0 saturated heterocycles. The predicted octanol–water partition coefficient (Wildman–Crippen LogP) is 2.71. The minimum atomic E-state index is 0.670. The molecule has 3 rings (SSSR count). The number of fused-ring (bicyclic) bond motifs is 1. The van der Waals surface area contributed by atoms with E-state index in [0.717, 1.165) is 22.6 Å². The molecule has 0 amide bonds. The molecule has 2 aromatic heterocycles. The third-order valence-electron chi connectivity index (χ3n) is 2.52. The Morgan fingerprint density at radius 1 is 1.25 bits per heavy atom. The number of aromatic nitrogens is 2. The largest absolute Gasteiger partial charge is 0.458 e. The zero-order valence-electron chi connectivity index (χ0n) is 8.82. The first-order valence-electron chi connectivity index (χ1n) is 5.05. The highest BCUT2D eigenvalue weighted by Crippen LogP contribution is 2.24. The minimum Gasteiger partial charge on any atom is -0.458 e. The monoisotopic (exact) mass is 213 g/mol. The number of rotatable bonds is 1. The number of aromatic amines is 1. The van der Waals surface area contributed by atoms with Crippen LogP contribution < -0.4 is 5.73 Å². The molecule has 0 atom stereocenters. The zero-order chi connectivity index (χ0) is 11.1. The van der Waals surface area contributed by atoms with Crippen molar-refractivity contribution in [2.45, 2.75) is 6.92 Å². The molecule has 0 bridgehead atoms. The van der Waals surface area contributed by atoms with Crippen LogP contribution in [-0.2, 0) is 0 Å². The van der Waals surface area contributed by atoms with Crippen LogP contribution in [0.3, 0.4) is 0 Å². The van der Waals surface area contributed by atoms with Crippen LogP contribution in [0.1, 0.15) is 5.76 Å². The Bertz CT molecular complexity index is 651. The van der Waals surface area contributed by atoms with Crippen molar-refractivity contribution in [3.05, 3.63) is 36.1 Å². The molecule has 0 radical (unpaired) electrons. The first kappa shape index (κ1) is 9.03. The molecule has 0 aliphatic heterocycles. The van der Waals surface area contributed by atoms with Crippen molar-refractivity contribution < 1.29 is 4.42 Å². The minimum absolute atomic E-state index is 0.670. The number of imidazole rings is 1. The summed E-state index contributed by atoms with van der Waals surface area (Å²) in [7, 11) is 0. The first-order valence-corrected chi connectivity index (χ1v) is 5.05. The standard InChI is InChI=1S/C12H11N3O/c1-7-5-6-10(16-7)12-14-9-4-2-3-8(13)11(9)15-12/h2-6H,13H2,1H3,(H,14,15). The SMILES string of the molecule is Cc1ccc(-c2nc3c(N)cccc3[nH]2)o1. The molecule has 0 saturated carbocycles. The molecule has 0 aliphatic rings. The number of aryl methyl sites for hydroxylation is 1. The molecule has 0 unspecified atom stereocenters. The molecule has 0 fully saturated rings. The summed E-state index contributed by atoms with van der Waals surface area (Å²) in [6, 6.07) is 9.47. The third-order valence-corrected chi connectivity index (χ3v) is 2.52. The Labute approximate surface area is 92.1 Å². The van der Waals surface area contributed by atoms with Crippen LogP contribution in [0.5, 0.6) is 0 Å². The van der Waals surface area contributed by atoms with Crippen LogP contribution in [0.4, 0.5) is 5.69 Å². The number of nitrogens with two attached hydrogens (primary N) is 1. The summed E-state index contributed by atoms with van der Waals surface area (Å²) in [5.74, 6) is 2.30. The highest BCUT2D eigenvalue weighted by Gasteiger charge is 2.09. The van der Waals surface area contributed by atoms with Crippen LogP contribution in [-0.4, -0.2) is 9.97 Å². The van der Waals surface area contributed by atoms with Gasteiger partial charge in [-0.05, 0) is 31.2 Å². The Hall–Kier alpha value is -2.23. The normalized spacial score (nSPS) is 11.1. The number of anilines is 1. The van der Waals surface area contributed by atoms with Gasteiger partial charge in [-0.2, -0.15) is 0 Å². The van der Waals surface area contributed by atoms with Gasteiger partial charge in [0.1, 0.15) is 11.3 Å². The average Bonchev–Trinajstić information content (AvgIpc) is 2.84. The van der Waals surface area contributed by atoms with Gasteiger partial charge in [0, 0.05) is 0 Å². The molecular weight excluding hydrogens is 202 g/mol. The fourth-order valence-corrected chi connectivity index (χ4v) is 1.73. The number of hydrogen-bond donors (Lipinski definition) is 2. The van der Waals surface area contributed by atoms with Gasteiger partial charge in [0.25, 0.3) is 0 Å². The van der Waals surface area contributed by atoms with E-state index in [9.17, 15) is 0 Å². The van der Waals surface area contributed by atoms with E-state index in [4.69, 9.17) is 10.2 Å². The Morgan fingerprint density at radius 3 is 2.81 bits per heavy atom. The van der Waals surface area contributed by atoms with Gasteiger partial charge < -0.3 is 15.1 Å². The second-order valence-electron chi connectivity index (χ2n) is 3.74. The average molecular weight is 213 g/mol. The molecule has 1 aromatic carbocycles. The number of para-hydroxylation sites is 1. The van der Waals surface area contributed by atoms with Crippen molar-refractivity contribution in [2.75, 3.05) is 5.73 Å². The van der Waals surface area contributed by atoms with Crippen LogP contribution in [0.15, 0.2) is 34.7 Å². The topological polar surface area (TPSA) is 67.8 Å². The first-order chi connectivity index (χ1) is 7.74. The van der Waals surface area contributed by atoms with Gasteiger partial charge >= 0.3 is 0 Å². The number of furan rings is 1. The Morgan fingerprint density at radius 2 is 2.12 bits per heavy atom. The maximum Gasteiger partial charge on any atom is 0.174 e. The fourth-order valence-electron chi connectivity index (χ4n) is 1.73. The van der Waals surface area contributed by atoms with E-state index < -0.39 is 0 Å². The van der Waals surface area contributed by atoms with Crippen molar-refractivity contribution in [1.29, 1.82) is 0 Å². The quantitative estimate of drug-likeness (QED) is 0.611. The van der Waals surface area contributed by atoms with Crippen molar-refractivity contribution in [3.63, 3.8) is 0 Å². The van der Waals surface area contributed by atoms with Crippen molar-refractivity contribution in [1.82, 2.24) is 9.97 Å². The number of nitrogens with zero attached hydrogens (tertiary/aromatic N) is 1. The lowest BCUT2D eigenvalue weighted by atomic mass is 10.3. The van der Waals surface area contributed by atoms with E-state index >= 15 is 0 Å².